The molecule has 2 aromatic carbocycles. The SMILES string of the molecule is O=C(C1=NN(c2ccccc2)NN1S(=O)(=O)O)c1ccccc1. The highest BCUT2D eigenvalue weighted by molar-refractivity contribution is 7.84. The van der Waals surface area contributed by atoms with Crippen LogP contribution in [-0.2, 0) is 10.3 Å². The van der Waals surface area contributed by atoms with Gasteiger partial charge in [-0.05, 0) is 12.1 Å². The van der Waals surface area contributed by atoms with Gasteiger partial charge in [0.25, 0.3) is 0 Å². The molecule has 0 saturated heterocycles. The topological polar surface area (TPSA) is 102 Å². The first-order chi connectivity index (χ1) is 11.0. The molecular weight excluding hydrogens is 320 g/mol. The minimum Gasteiger partial charge on any atom is -0.285 e. The molecule has 1 aliphatic heterocycles. The standard InChI is InChI=1S/C14H12N4O4S/c19-13(11-7-3-1-4-8-11)14-15-17(12-9-5-2-6-10-12)16-18(14)23(20,21)22/h1-10,16H,(H,20,21,22). The van der Waals surface area contributed by atoms with Gasteiger partial charge < -0.3 is 0 Å². The lowest BCUT2D eigenvalue weighted by Crippen LogP contribution is -2.48. The Bertz CT molecular complexity index is 853. The van der Waals surface area contributed by atoms with Gasteiger partial charge in [0.15, 0.2) is 0 Å². The van der Waals surface area contributed by atoms with Crippen molar-refractivity contribution in [2.45, 2.75) is 0 Å². The number of ketones is 1. The second-order valence-electron chi connectivity index (χ2n) is 4.61. The van der Waals surface area contributed by atoms with Gasteiger partial charge >= 0.3 is 10.3 Å². The van der Waals surface area contributed by atoms with Crippen molar-refractivity contribution in [2.75, 3.05) is 5.12 Å². The van der Waals surface area contributed by atoms with E-state index in [2.05, 4.69) is 10.6 Å². The number of carbonyl (C=O) groups is 1. The van der Waals surface area contributed by atoms with E-state index < -0.39 is 21.9 Å². The number of rotatable bonds is 4. The Morgan fingerprint density at radius 3 is 2.13 bits per heavy atom. The maximum Gasteiger partial charge on any atom is 0.376 e. The van der Waals surface area contributed by atoms with E-state index in [0.717, 1.165) is 5.12 Å². The molecular formula is C14H12N4O4S. The molecule has 0 saturated carbocycles. The van der Waals surface area contributed by atoms with Gasteiger partial charge in [0, 0.05) is 5.56 Å². The molecule has 1 aliphatic rings. The summed E-state index contributed by atoms with van der Waals surface area (Å²) in [6.45, 7) is 0. The molecule has 0 spiro atoms. The lowest BCUT2D eigenvalue weighted by atomic mass is 10.1. The van der Waals surface area contributed by atoms with Crippen molar-refractivity contribution in [1.29, 1.82) is 0 Å². The van der Waals surface area contributed by atoms with E-state index in [1.165, 1.54) is 12.1 Å². The summed E-state index contributed by atoms with van der Waals surface area (Å²) in [5.74, 6) is -1.10. The van der Waals surface area contributed by atoms with E-state index >= 15 is 0 Å². The Morgan fingerprint density at radius 1 is 1.00 bits per heavy atom. The van der Waals surface area contributed by atoms with Gasteiger partial charge in [0.2, 0.25) is 11.6 Å². The van der Waals surface area contributed by atoms with Crippen molar-refractivity contribution in [3.05, 3.63) is 66.2 Å². The first kappa shape index (κ1) is 15.2. The number of hydrazone groups is 1. The van der Waals surface area contributed by atoms with Crippen molar-refractivity contribution in [1.82, 2.24) is 9.95 Å². The number of carbonyl (C=O) groups excluding carboxylic acids is 1. The third kappa shape index (κ3) is 3.06. The molecule has 3 rings (SSSR count). The molecule has 2 aromatic rings. The second-order valence-corrected chi connectivity index (χ2v) is 5.87. The van der Waals surface area contributed by atoms with Gasteiger partial charge in [-0.1, -0.05) is 48.5 Å². The van der Waals surface area contributed by atoms with Crippen LogP contribution in [0.4, 0.5) is 5.69 Å². The third-order valence-electron chi connectivity index (χ3n) is 3.04. The van der Waals surface area contributed by atoms with E-state index in [0.29, 0.717) is 10.1 Å². The lowest BCUT2D eigenvalue weighted by Gasteiger charge is -2.18. The normalized spacial score (nSPS) is 14.7. The van der Waals surface area contributed by atoms with Crippen LogP contribution in [0.3, 0.4) is 0 Å². The number of nitrogens with one attached hydrogen (secondary N) is 1. The van der Waals surface area contributed by atoms with Crippen molar-refractivity contribution < 1.29 is 17.8 Å². The number of anilines is 1. The zero-order valence-electron chi connectivity index (χ0n) is 11.7. The first-order valence-corrected chi connectivity index (χ1v) is 7.94. The number of amidine groups is 1. The maximum atomic E-state index is 12.5. The number of Topliss-reactive ketones (excluding diaryl/α,β-unsaturated/α-hetero) is 1. The highest BCUT2D eigenvalue weighted by Crippen LogP contribution is 2.19. The van der Waals surface area contributed by atoms with Crippen molar-refractivity contribution in [2.24, 2.45) is 5.10 Å². The summed E-state index contributed by atoms with van der Waals surface area (Å²) < 4.78 is 32.7. The molecule has 23 heavy (non-hydrogen) atoms. The fourth-order valence-electron chi connectivity index (χ4n) is 1.99. The summed E-state index contributed by atoms with van der Waals surface area (Å²) in [6, 6.07) is 16.6. The molecule has 0 bridgehead atoms. The fraction of sp³-hybridized carbons (Fsp3) is 0. The zero-order valence-corrected chi connectivity index (χ0v) is 12.5. The average Bonchev–Trinajstić information content (AvgIpc) is 3.01. The van der Waals surface area contributed by atoms with Crippen molar-refractivity contribution in [3.8, 4) is 0 Å². The van der Waals surface area contributed by atoms with E-state index in [1.807, 2.05) is 0 Å². The van der Waals surface area contributed by atoms with E-state index in [-0.39, 0.29) is 5.56 Å². The van der Waals surface area contributed by atoms with Gasteiger partial charge in [-0.15, -0.1) is 15.1 Å². The van der Waals surface area contributed by atoms with Crippen LogP contribution in [0.25, 0.3) is 0 Å². The summed E-state index contributed by atoms with van der Waals surface area (Å²) in [6.07, 6.45) is 0. The maximum absolute atomic E-state index is 12.5. The van der Waals surface area contributed by atoms with E-state index in [4.69, 9.17) is 0 Å². The number of hydrazine groups is 2. The predicted molar refractivity (Wildman–Crippen MR) is 83.7 cm³/mol. The quantitative estimate of drug-likeness (QED) is 0.645. The molecule has 0 unspecified atom stereocenters. The molecule has 8 nitrogen and oxygen atoms in total. The molecule has 0 aromatic heterocycles. The predicted octanol–water partition coefficient (Wildman–Crippen LogP) is 1.23. The number of hydrogen-bond acceptors (Lipinski definition) is 6. The largest absolute Gasteiger partial charge is 0.376 e. The molecule has 0 radical (unpaired) electrons. The highest BCUT2D eigenvalue weighted by atomic mass is 32.2. The molecule has 0 aliphatic carbocycles. The molecule has 0 amide bonds. The highest BCUT2D eigenvalue weighted by Gasteiger charge is 2.37. The monoisotopic (exact) mass is 332 g/mol. The third-order valence-corrected chi connectivity index (χ3v) is 3.76. The number of para-hydroxylation sites is 1. The van der Waals surface area contributed by atoms with Gasteiger partial charge in [-0.25, -0.2) is 0 Å². The second kappa shape index (κ2) is 5.80. The minimum absolute atomic E-state index is 0.247. The summed E-state index contributed by atoms with van der Waals surface area (Å²) in [5, 5.41) is 5.05. The van der Waals surface area contributed by atoms with Crippen LogP contribution in [0.5, 0.6) is 0 Å². The average molecular weight is 332 g/mol. The molecule has 0 fully saturated rings. The minimum atomic E-state index is -4.72. The Balaban J connectivity index is 2.01. The summed E-state index contributed by atoms with van der Waals surface area (Å²) in [4.78, 5) is 12.5. The smallest absolute Gasteiger partial charge is 0.285 e. The zero-order chi connectivity index (χ0) is 16.4. The lowest BCUT2D eigenvalue weighted by molar-refractivity contribution is 0.105. The Kier molecular flexibility index (Phi) is 3.82. The van der Waals surface area contributed by atoms with Gasteiger partial charge in [-0.2, -0.15) is 13.5 Å². The number of nitrogens with zero attached hydrogens (tertiary/aromatic N) is 3. The first-order valence-electron chi connectivity index (χ1n) is 6.54. The van der Waals surface area contributed by atoms with Crippen molar-refractivity contribution >= 4 is 27.6 Å². The van der Waals surface area contributed by atoms with Crippen LogP contribution in [-0.4, -0.2) is 29.0 Å². The Labute approximate surface area is 132 Å². The van der Waals surface area contributed by atoms with Crippen LogP contribution < -0.4 is 10.7 Å². The van der Waals surface area contributed by atoms with Gasteiger partial charge in [-0.3, -0.25) is 9.35 Å². The van der Waals surface area contributed by atoms with Crippen LogP contribution >= 0.6 is 0 Å². The Hall–Kier alpha value is -2.75. The van der Waals surface area contributed by atoms with Crippen molar-refractivity contribution in [3.63, 3.8) is 0 Å². The van der Waals surface area contributed by atoms with E-state index in [9.17, 15) is 17.8 Å². The van der Waals surface area contributed by atoms with Gasteiger partial charge in [0.05, 0.1) is 5.69 Å². The molecule has 1 heterocycles. The van der Waals surface area contributed by atoms with Crippen LogP contribution in [0.1, 0.15) is 10.4 Å². The Morgan fingerprint density at radius 2 is 1.57 bits per heavy atom. The molecule has 0 atom stereocenters. The summed E-state index contributed by atoms with van der Waals surface area (Å²) in [5.41, 5.74) is 3.10. The molecule has 9 heteroatoms. The van der Waals surface area contributed by atoms with Crippen LogP contribution in [0, 0.1) is 0 Å². The molecule has 2 N–H and O–H groups in total. The summed E-state index contributed by atoms with van der Waals surface area (Å²) in [7, 11) is -4.72. The fourth-order valence-corrected chi connectivity index (χ4v) is 2.51. The van der Waals surface area contributed by atoms with Crippen LogP contribution in [0.15, 0.2) is 65.8 Å². The number of hydrogen-bond donors (Lipinski definition) is 2. The van der Waals surface area contributed by atoms with Gasteiger partial charge in [0.1, 0.15) is 0 Å². The summed E-state index contributed by atoms with van der Waals surface area (Å²) >= 11 is 0. The van der Waals surface area contributed by atoms with Crippen LogP contribution in [0.2, 0.25) is 0 Å². The van der Waals surface area contributed by atoms with E-state index in [1.54, 1.807) is 48.5 Å². The molecule has 118 valence electrons. The number of benzene rings is 2.